The molecule has 0 fully saturated rings. The van der Waals surface area contributed by atoms with E-state index in [1.165, 1.54) is 16.6 Å². The van der Waals surface area contributed by atoms with E-state index in [1.807, 2.05) is 19.1 Å². The molecule has 0 bridgehead atoms. The molecule has 0 spiro atoms. The van der Waals surface area contributed by atoms with E-state index in [0.717, 1.165) is 3.79 Å². The van der Waals surface area contributed by atoms with E-state index in [-0.39, 0.29) is 10.9 Å². The summed E-state index contributed by atoms with van der Waals surface area (Å²) in [6.45, 7) is 3.02. The molecule has 0 saturated heterocycles. The number of hydrogen-bond donors (Lipinski definition) is 2. The van der Waals surface area contributed by atoms with Crippen LogP contribution >= 0.6 is 39.0 Å². The molecule has 0 aliphatic carbocycles. The van der Waals surface area contributed by atoms with Crippen LogP contribution in [-0.4, -0.2) is 21.3 Å². The zero-order chi connectivity index (χ0) is 13.1. The normalized spacial score (nSPS) is 12.8. The van der Waals surface area contributed by atoms with Crippen molar-refractivity contribution in [3.63, 3.8) is 0 Å². The number of thioether (sulfide) groups is 1. The fraction of sp³-hybridized carbons (Fsp3) is 0.400. The highest BCUT2D eigenvalue weighted by atomic mass is 79.9. The molecule has 0 aromatic carbocycles. The van der Waals surface area contributed by atoms with Crippen LogP contribution in [0.1, 0.15) is 17.1 Å². The maximum Gasteiger partial charge on any atom is 0.343 e. The fourth-order valence-electron chi connectivity index (χ4n) is 1.52. The van der Waals surface area contributed by atoms with Crippen LogP contribution in [0.5, 0.6) is 0 Å². The molecule has 3 N–H and O–H groups in total. The Hall–Kier alpha value is -0.570. The highest BCUT2D eigenvalue weighted by Gasteiger charge is 2.17. The van der Waals surface area contributed by atoms with E-state index in [0.29, 0.717) is 18.2 Å². The number of nitrogens with zero attached hydrogens (tertiary/aromatic N) is 2. The Labute approximate surface area is 121 Å². The molecular formula is C10H13BrN4OS2. The molecule has 0 amide bonds. The van der Waals surface area contributed by atoms with Gasteiger partial charge in [0.2, 0.25) is 0 Å². The van der Waals surface area contributed by atoms with Crippen molar-refractivity contribution in [1.82, 2.24) is 14.8 Å². The summed E-state index contributed by atoms with van der Waals surface area (Å²) in [6, 6.07) is 4.04. The summed E-state index contributed by atoms with van der Waals surface area (Å²) in [7, 11) is 0. The number of nitrogens with one attached hydrogen (secondary N) is 1. The second kappa shape index (κ2) is 6.05. The average molecular weight is 349 g/mol. The maximum atomic E-state index is 11.5. The van der Waals surface area contributed by atoms with Crippen molar-refractivity contribution >= 4 is 39.0 Å². The summed E-state index contributed by atoms with van der Waals surface area (Å²) >= 11 is 6.60. The molecule has 1 atom stereocenters. The van der Waals surface area contributed by atoms with Crippen molar-refractivity contribution in [2.24, 2.45) is 5.73 Å². The van der Waals surface area contributed by atoms with Gasteiger partial charge in [-0.2, -0.15) is 0 Å². The van der Waals surface area contributed by atoms with Gasteiger partial charge < -0.3 is 5.73 Å². The Kier molecular flexibility index (Phi) is 4.66. The fourth-order valence-corrected chi connectivity index (χ4v) is 4.21. The third kappa shape index (κ3) is 2.87. The zero-order valence-electron chi connectivity index (χ0n) is 9.72. The van der Waals surface area contributed by atoms with Crippen LogP contribution in [-0.2, 0) is 6.54 Å². The largest absolute Gasteiger partial charge is 0.343 e. The lowest BCUT2D eigenvalue weighted by Crippen LogP contribution is -2.17. The second-order valence-electron chi connectivity index (χ2n) is 3.54. The van der Waals surface area contributed by atoms with E-state index >= 15 is 0 Å². The molecule has 5 nitrogen and oxygen atoms in total. The van der Waals surface area contributed by atoms with Crippen LogP contribution < -0.4 is 11.4 Å². The molecule has 0 saturated carbocycles. The van der Waals surface area contributed by atoms with Gasteiger partial charge in [-0.05, 0) is 35.0 Å². The first-order valence-corrected chi connectivity index (χ1v) is 7.91. The topological polar surface area (TPSA) is 76.7 Å². The molecule has 0 radical (unpaired) electrons. The van der Waals surface area contributed by atoms with Gasteiger partial charge in [0.25, 0.3) is 0 Å². The van der Waals surface area contributed by atoms with Gasteiger partial charge >= 0.3 is 5.69 Å². The van der Waals surface area contributed by atoms with Gasteiger partial charge in [0, 0.05) is 18.0 Å². The number of aromatic nitrogens is 3. The Balaban J connectivity index is 2.23. The van der Waals surface area contributed by atoms with Gasteiger partial charge in [0.15, 0.2) is 5.16 Å². The van der Waals surface area contributed by atoms with Crippen molar-refractivity contribution in [2.75, 3.05) is 6.54 Å². The zero-order valence-corrected chi connectivity index (χ0v) is 12.9. The Morgan fingerprint density at radius 1 is 1.67 bits per heavy atom. The van der Waals surface area contributed by atoms with Crippen molar-refractivity contribution in [1.29, 1.82) is 0 Å². The number of thiophene rings is 1. The highest BCUT2D eigenvalue weighted by molar-refractivity contribution is 9.11. The highest BCUT2D eigenvalue weighted by Crippen LogP contribution is 2.37. The minimum atomic E-state index is -0.178. The van der Waals surface area contributed by atoms with Crippen LogP contribution in [0.2, 0.25) is 0 Å². The first-order chi connectivity index (χ1) is 8.65. The Morgan fingerprint density at radius 3 is 3.00 bits per heavy atom. The van der Waals surface area contributed by atoms with E-state index < -0.39 is 0 Å². The number of H-pyrrole nitrogens is 1. The van der Waals surface area contributed by atoms with Crippen LogP contribution in [0.4, 0.5) is 0 Å². The molecule has 2 rings (SSSR count). The first kappa shape index (κ1) is 13.9. The van der Waals surface area contributed by atoms with E-state index in [4.69, 9.17) is 5.73 Å². The summed E-state index contributed by atoms with van der Waals surface area (Å²) in [5.41, 5.74) is 5.63. The lowest BCUT2D eigenvalue weighted by molar-refractivity contribution is 0.658. The predicted octanol–water partition coefficient (Wildman–Crippen LogP) is 2.21. The van der Waals surface area contributed by atoms with Crippen molar-refractivity contribution in [3.05, 3.63) is 31.3 Å². The molecule has 2 heterocycles. The third-order valence-electron chi connectivity index (χ3n) is 2.41. The molecule has 0 aliphatic heterocycles. The van der Waals surface area contributed by atoms with Crippen LogP contribution in [0.3, 0.4) is 0 Å². The SMILES string of the molecule is CCn1c(SC(CN)c2ccc(Br)s2)n[nH]c1=O. The minimum absolute atomic E-state index is 0.113. The summed E-state index contributed by atoms with van der Waals surface area (Å²) < 4.78 is 2.68. The number of halogens is 1. The quantitative estimate of drug-likeness (QED) is 0.812. The number of aromatic amines is 1. The predicted molar refractivity (Wildman–Crippen MR) is 78.2 cm³/mol. The van der Waals surface area contributed by atoms with Gasteiger partial charge in [-0.25, -0.2) is 9.89 Å². The molecule has 98 valence electrons. The third-order valence-corrected chi connectivity index (χ3v) is 5.55. The van der Waals surface area contributed by atoms with Gasteiger partial charge in [-0.1, -0.05) is 11.8 Å². The summed E-state index contributed by atoms with van der Waals surface area (Å²) in [4.78, 5) is 12.7. The van der Waals surface area contributed by atoms with E-state index in [9.17, 15) is 4.79 Å². The lowest BCUT2D eigenvalue weighted by Gasteiger charge is -2.11. The average Bonchev–Trinajstić information content (AvgIpc) is 2.92. The molecule has 1 unspecified atom stereocenters. The second-order valence-corrected chi connectivity index (χ2v) is 7.20. The first-order valence-electron chi connectivity index (χ1n) is 5.42. The minimum Gasteiger partial charge on any atom is -0.329 e. The molecule has 8 heteroatoms. The van der Waals surface area contributed by atoms with E-state index in [1.54, 1.807) is 15.9 Å². The van der Waals surface area contributed by atoms with Crippen LogP contribution in [0.25, 0.3) is 0 Å². The monoisotopic (exact) mass is 348 g/mol. The molecule has 2 aromatic heterocycles. The molecule has 0 aliphatic rings. The number of nitrogens with two attached hydrogens (primary N) is 1. The lowest BCUT2D eigenvalue weighted by atomic mass is 10.3. The van der Waals surface area contributed by atoms with Gasteiger partial charge in [0.05, 0.1) is 9.04 Å². The van der Waals surface area contributed by atoms with Crippen molar-refractivity contribution in [2.45, 2.75) is 23.9 Å². The number of rotatable bonds is 5. The van der Waals surface area contributed by atoms with Crippen molar-refractivity contribution in [3.8, 4) is 0 Å². The van der Waals surface area contributed by atoms with Gasteiger partial charge in [-0.3, -0.25) is 4.57 Å². The number of hydrogen-bond acceptors (Lipinski definition) is 5. The maximum absolute atomic E-state index is 11.5. The van der Waals surface area contributed by atoms with E-state index in [2.05, 4.69) is 26.1 Å². The molecule has 18 heavy (non-hydrogen) atoms. The molecule has 2 aromatic rings. The van der Waals surface area contributed by atoms with Crippen LogP contribution in [0.15, 0.2) is 25.9 Å². The summed E-state index contributed by atoms with van der Waals surface area (Å²) in [5, 5.41) is 7.29. The summed E-state index contributed by atoms with van der Waals surface area (Å²) in [5.74, 6) is 0. The Bertz CT molecular complexity index is 576. The van der Waals surface area contributed by atoms with Gasteiger partial charge in [0.1, 0.15) is 0 Å². The smallest absolute Gasteiger partial charge is 0.329 e. The molecular weight excluding hydrogens is 336 g/mol. The van der Waals surface area contributed by atoms with Crippen molar-refractivity contribution < 1.29 is 0 Å². The Morgan fingerprint density at radius 2 is 2.44 bits per heavy atom. The standard InChI is InChI=1S/C10H13BrN4OS2/c1-2-15-9(16)13-14-10(15)18-7(5-12)6-3-4-8(11)17-6/h3-4,7H,2,5,12H2,1H3,(H,13,16). The van der Waals surface area contributed by atoms with Crippen LogP contribution in [0, 0.1) is 0 Å². The van der Waals surface area contributed by atoms with Gasteiger partial charge in [-0.15, -0.1) is 16.4 Å². The summed E-state index contributed by atoms with van der Waals surface area (Å²) in [6.07, 6.45) is 0.